The van der Waals surface area contributed by atoms with Gasteiger partial charge in [-0.1, -0.05) is 0 Å². The Hall–Kier alpha value is -3.77. The van der Waals surface area contributed by atoms with Crippen LogP contribution in [0.15, 0.2) is 12.1 Å². The van der Waals surface area contributed by atoms with Crippen LogP contribution in [0.3, 0.4) is 0 Å². The summed E-state index contributed by atoms with van der Waals surface area (Å²) in [5.74, 6) is -0.939. The topological polar surface area (TPSA) is 147 Å². The molecule has 3 heterocycles. The molecule has 11 nitrogen and oxygen atoms in total. The predicted octanol–water partition coefficient (Wildman–Crippen LogP) is 0.891. The standard InChI is InChI=1S/C14H11F2N7O4/c1-5(24)18-13-21-11(22-23-13)12(25)17-4-10-19-6-2-8-9(3-7(6)20-10)27-14(15,16)26-8/h2-3H,4H2,1H3,(H,17,25)(H,19,20)(H2,18,21,22,23,24). The fraction of sp³-hybridized carbons (Fsp3) is 0.214. The molecule has 4 N–H and O–H groups in total. The molecule has 0 unspecified atom stereocenters. The number of nitrogens with zero attached hydrogens (tertiary/aromatic N) is 3. The van der Waals surface area contributed by atoms with E-state index in [1.165, 1.54) is 19.1 Å². The quantitative estimate of drug-likeness (QED) is 0.526. The number of carbonyl (C=O) groups is 2. The van der Waals surface area contributed by atoms with Gasteiger partial charge >= 0.3 is 6.29 Å². The highest BCUT2D eigenvalue weighted by Crippen LogP contribution is 2.42. The molecule has 27 heavy (non-hydrogen) atoms. The summed E-state index contributed by atoms with van der Waals surface area (Å²) in [4.78, 5) is 33.9. The van der Waals surface area contributed by atoms with Crippen molar-refractivity contribution in [3.05, 3.63) is 23.8 Å². The smallest absolute Gasteiger partial charge is 0.395 e. The average molecular weight is 379 g/mol. The van der Waals surface area contributed by atoms with Crippen molar-refractivity contribution in [2.45, 2.75) is 19.8 Å². The van der Waals surface area contributed by atoms with Gasteiger partial charge in [0.1, 0.15) is 5.82 Å². The van der Waals surface area contributed by atoms with Crippen LogP contribution in [0.1, 0.15) is 23.4 Å². The molecular formula is C14H11F2N7O4. The number of aromatic nitrogens is 5. The number of hydrogen-bond donors (Lipinski definition) is 4. The van der Waals surface area contributed by atoms with Gasteiger partial charge < -0.3 is 19.8 Å². The first kappa shape index (κ1) is 16.7. The molecule has 1 aliphatic rings. The van der Waals surface area contributed by atoms with Crippen molar-refractivity contribution in [1.82, 2.24) is 30.5 Å². The highest BCUT2D eigenvalue weighted by Gasteiger charge is 2.43. The molecule has 2 amide bonds. The van der Waals surface area contributed by atoms with Gasteiger partial charge in [0.05, 0.1) is 17.6 Å². The van der Waals surface area contributed by atoms with E-state index in [4.69, 9.17) is 0 Å². The summed E-state index contributed by atoms with van der Waals surface area (Å²) in [6.45, 7) is 1.29. The van der Waals surface area contributed by atoms with Crippen LogP contribution < -0.4 is 20.1 Å². The van der Waals surface area contributed by atoms with E-state index in [0.717, 1.165) is 0 Å². The Morgan fingerprint density at radius 2 is 1.96 bits per heavy atom. The second-order valence-electron chi connectivity index (χ2n) is 5.54. The van der Waals surface area contributed by atoms with E-state index in [9.17, 15) is 18.4 Å². The minimum atomic E-state index is -3.70. The van der Waals surface area contributed by atoms with Gasteiger partial charge in [-0.3, -0.25) is 20.0 Å². The van der Waals surface area contributed by atoms with E-state index >= 15 is 0 Å². The zero-order chi connectivity index (χ0) is 19.2. The maximum atomic E-state index is 13.1. The molecule has 0 aliphatic carbocycles. The van der Waals surface area contributed by atoms with Crippen molar-refractivity contribution in [2.24, 2.45) is 0 Å². The van der Waals surface area contributed by atoms with Crippen LogP contribution in [-0.2, 0) is 11.3 Å². The molecule has 0 bridgehead atoms. The Balaban J connectivity index is 1.44. The Labute approximate surface area is 148 Å². The second-order valence-corrected chi connectivity index (χ2v) is 5.54. The van der Waals surface area contributed by atoms with Crippen molar-refractivity contribution >= 4 is 28.8 Å². The van der Waals surface area contributed by atoms with Crippen molar-refractivity contribution < 1.29 is 27.8 Å². The number of amides is 2. The first-order chi connectivity index (χ1) is 12.8. The SMILES string of the molecule is CC(=O)Nc1n[nH]c(C(=O)NCc2nc3cc4c(cc3[nH]2)OC(F)(F)O4)n1. The number of hydrogen-bond acceptors (Lipinski definition) is 7. The zero-order valence-corrected chi connectivity index (χ0v) is 13.6. The van der Waals surface area contributed by atoms with Crippen molar-refractivity contribution in [3.63, 3.8) is 0 Å². The Morgan fingerprint density at radius 1 is 1.22 bits per heavy atom. The molecule has 0 spiro atoms. The third kappa shape index (κ3) is 3.33. The molecule has 0 radical (unpaired) electrons. The Kier molecular flexibility index (Phi) is 3.64. The van der Waals surface area contributed by atoms with Gasteiger partial charge in [0.25, 0.3) is 5.91 Å². The molecule has 140 valence electrons. The molecule has 0 fully saturated rings. The normalized spacial score (nSPS) is 14.3. The van der Waals surface area contributed by atoms with Crippen LogP contribution in [0.5, 0.6) is 11.5 Å². The fourth-order valence-corrected chi connectivity index (χ4v) is 2.42. The van der Waals surface area contributed by atoms with Crippen molar-refractivity contribution in [3.8, 4) is 11.5 Å². The number of imidazole rings is 1. The highest BCUT2D eigenvalue weighted by atomic mass is 19.3. The minimum absolute atomic E-state index is 0.00617. The van der Waals surface area contributed by atoms with Gasteiger partial charge in [-0.15, -0.1) is 13.9 Å². The summed E-state index contributed by atoms with van der Waals surface area (Å²) < 4.78 is 34.9. The molecule has 2 aromatic heterocycles. The summed E-state index contributed by atoms with van der Waals surface area (Å²) >= 11 is 0. The lowest BCUT2D eigenvalue weighted by atomic mass is 10.3. The maximum Gasteiger partial charge on any atom is 0.586 e. The summed E-state index contributed by atoms with van der Waals surface area (Å²) in [5.41, 5.74) is 0.804. The van der Waals surface area contributed by atoms with Crippen LogP contribution in [-0.4, -0.2) is 43.3 Å². The van der Waals surface area contributed by atoms with Gasteiger partial charge in [-0.25, -0.2) is 4.98 Å². The molecule has 0 saturated carbocycles. The molecule has 0 saturated heterocycles. The highest BCUT2D eigenvalue weighted by molar-refractivity contribution is 5.92. The number of anilines is 1. The lowest BCUT2D eigenvalue weighted by molar-refractivity contribution is -0.286. The van der Waals surface area contributed by atoms with E-state index in [1.807, 2.05) is 0 Å². The first-order valence-corrected chi connectivity index (χ1v) is 7.56. The fourth-order valence-electron chi connectivity index (χ4n) is 2.42. The lowest BCUT2D eigenvalue weighted by Crippen LogP contribution is -2.25. The number of fused-ring (bicyclic) bond motifs is 2. The van der Waals surface area contributed by atoms with Gasteiger partial charge in [0.2, 0.25) is 17.7 Å². The summed E-state index contributed by atoms with van der Waals surface area (Å²) in [6.07, 6.45) is -3.70. The molecule has 0 atom stereocenters. The summed E-state index contributed by atoms with van der Waals surface area (Å²) in [7, 11) is 0. The van der Waals surface area contributed by atoms with E-state index in [-0.39, 0.29) is 35.7 Å². The monoisotopic (exact) mass is 379 g/mol. The van der Waals surface area contributed by atoms with Crippen LogP contribution in [0.2, 0.25) is 0 Å². The van der Waals surface area contributed by atoms with E-state index < -0.39 is 12.2 Å². The van der Waals surface area contributed by atoms with Gasteiger partial charge in [0.15, 0.2) is 11.5 Å². The zero-order valence-electron chi connectivity index (χ0n) is 13.6. The molecule has 4 rings (SSSR count). The van der Waals surface area contributed by atoms with Gasteiger partial charge in [0, 0.05) is 19.1 Å². The molecule has 3 aromatic rings. The number of H-pyrrole nitrogens is 2. The number of rotatable bonds is 4. The van der Waals surface area contributed by atoms with E-state index in [2.05, 4.69) is 45.3 Å². The average Bonchev–Trinajstić information content (AvgIpc) is 3.24. The molecule has 13 heteroatoms. The van der Waals surface area contributed by atoms with Crippen LogP contribution in [0.4, 0.5) is 14.7 Å². The first-order valence-electron chi connectivity index (χ1n) is 7.56. The third-order valence-corrected chi connectivity index (χ3v) is 3.46. The second kappa shape index (κ2) is 5.89. The van der Waals surface area contributed by atoms with E-state index in [0.29, 0.717) is 16.9 Å². The summed E-state index contributed by atoms with van der Waals surface area (Å²) in [5, 5.41) is 10.9. The predicted molar refractivity (Wildman–Crippen MR) is 84.2 cm³/mol. The third-order valence-electron chi connectivity index (χ3n) is 3.46. The maximum absolute atomic E-state index is 13.1. The van der Waals surface area contributed by atoms with Crippen LogP contribution >= 0.6 is 0 Å². The van der Waals surface area contributed by atoms with Crippen molar-refractivity contribution in [2.75, 3.05) is 5.32 Å². The number of ether oxygens (including phenoxy) is 2. The largest absolute Gasteiger partial charge is 0.586 e. The van der Waals surface area contributed by atoms with E-state index in [1.54, 1.807) is 0 Å². The Bertz CT molecular complexity index is 1020. The molecule has 1 aliphatic heterocycles. The van der Waals surface area contributed by atoms with Crippen molar-refractivity contribution in [1.29, 1.82) is 0 Å². The molecule has 1 aromatic carbocycles. The van der Waals surface area contributed by atoms with Crippen LogP contribution in [0.25, 0.3) is 11.0 Å². The number of halogens is 2. The van der Waals surface area contributed by atoms with Gasteiger partial charge in [-0.2, -0.15) is 4.98 Å². The Morgan fingerprint density at radius 3 is 2.70 bits per heavy atom. The van der Waals surface area contributed by atoms with Gasteiger partial charge in [-0.05, 0) is 0 Å². The summed E-state index contributed by atoms with van der Waals surface area (Å²) in [6, 6.07) is 2.64. The lowest BCUT2D eigenvalue weighted by Gasteiger charge is -2.04. The molecular weight excluding hydrogens is 368 g/mol. The number of nitrogens with one attached hydrogen (secondary N) is 4. The number of carbonyl (C=O) groups excluding carboxylic acids is 2. The van der Waals surface area contributed by atoms with Crippen LogP contribution in [0, 0.1) is 0 Å². The minimum Gasteiger partial charge on any atom is -0.395 e. The number of alkyl halides is 2. The number of aromatic amines is 2. The number of benzene rings is 1.